The molecule has 0 fully saturated rings. The maximum atomic E-state index is 11.5. The highest BCUT2D eigenvalue weighted by molar-refractivity contribution is 9.10. The van der Waals surface area contributed by atoms with Crippen molar-refractivity contribution in [3.63, 3.8) is 0 Å². The summed E-state index contributed by atoms with van der Waals surface area (Å²) >= 11 is 3.35. The second kappa shape index (κ2) is 5.49. The van der Waals surface area contributed by atoms with Gasteiger partial charge < -0.3 is 5.11 Å². The van der Waals surface area contributed by atoms with Crippen LogP contribution in [0.3, 0.4) is 0 Å². The van der Waals surface area contributed by atoms with Crippen LogP contribution in [-0.2, 0) is 4.79 Å². The number of aliphatic carboxylic acids is 1. The molecule has 0 amide bonds. The molecular formula is C15H10BrN3O2. The van der Waals surface area contributed by atoms with E-state index in [1.54, 1.807) is 18.2 Å². The van der Waals surface area contributed by atoms with Crippen molar-refractivity contribution in [2.24, 2.45) is 0 Å². The zero-order valence-corrected chi connectivity index (χ0v) is 12.4. The Morgan fingerprint density at radius 2 is 1.86 bits per heavy atom. The fraction of sp³-hybridized carbons (Fsp3) is 0. The number of halogens is 1. The molecule has 0 radical (unpaired) electrons. The van der Waals surface area contributed by atoms with E-state index in [0.717, 1.165) is 10.0 Å². The van der Waals surface area contributed by atoms with Gasteiger partial charge in [0.25, 0.3) is 0 Å². The lowest BCUT2D eigenvalue weighted by molar-refractivity contribution is -0.130. The van der Waals surface area contributed by atoms with Crippen LogP contribution < -0.4 is 0 Å². The molecule has 1 aromatic heterocycles. The average Bonchev–Trinajstić information content (AvgIpc) is 2.90. The molecule has 0 unspecified atom stereocenters. The van der Waals surface area contributed by atoms with E-state index >= 15 is 0 Å². The molecular weight excluding hydrogens is 334 g/mol. The first-order valence-corrected chi connectivity index (χ1v) is 6.96. The van der Waals surface area contributed by atoms with Gasteiger partial charge in [0.05, 0.1) is 5.52 Å². The molecule has 0 aliphatic heterocycles. The van der Waals surface area contributed by atoms with E-state index in [0.29, 0.717) is 11.0 Å². The Balaban J connectivity index is 2.14. The molecule has 0 saturated heterocycles. The Bertz CT molecular complexity index is 838. The third-order valence-corrected chi connectivity index (χ3v) is 3.50. The fourth-order valence-electron chi connectivity index (χ4n) is 1.98. The number of carboxylic acids is 1. The highest BCUT2D eigenvalue weighted by Gasteiger charge is 2.15. The summed E-state index contributed by atoms with van der Waals surface area (Å²) in [7, 11) is 0. The lowest BCUT2D eigenvalue weighted by Crippen LogP contribution is -2.09. The number of hydrogen-bond donors (Lipinski definition) is 1. The highest BCUT2D eigenvalue weighted by atomic mass is 79.9. The Morgan fingerprint density at radius 1 is 1.14 bits per heavy atom. The minimum absolute atomic E-state index is 0.0472. The molecule has 0 aliphatic rings. The van der Waals surface area contributed by atoms with Gasteiger partial charge in [0.2, 0.25) is 0 Å². The highest BCUT2D eigenvalue weighted by Crippen LogP contribution is 2.19. The molecule has 0 atom stereocenters. The van der Waals surface area contributed by atoms with Crippen molar-refractivity contribution in [2.45, 2.75) is 0 Å². The molecule has 21 heavy (non-hydrogen) atoms. The standard InChI is InChI=1S/C15H10BrN3O2/c16-11-7-5-10(6-8-11)9-14(15(20)21)19-13-4-2-1-3-12(13)17-18-19/h1-9H,(H,20,21)/b14-9-. The Morgan fingerprint density at radius 3 is 2.57 bits per heavy atom. The van der Waals surface area contributed by atoms with Crippen molar-refractivity contribution >= 4 is 44.7 Å². The number of nitrogens with zero attached hydrogens (tertiary/aromatic N) is 3. The van der Waals surface area contributed by atoms with Crippen LogP contribution in [0.15, 0.2) is 53.0 Å². The van der Waals surface area contributed by atoms with Crippen molar-refractivity contribution in [2.75, 3.05) is 0 Å². The van der Waals surface area contributed by atoms with E-state index in [-0.39, 0.29) is 5.70 Å². The normalized spacial score (nSPS) is 11.8. The number of para-hydroxylation sites is 1. The average molecular weight is 344 g/mol. The molecule has 5 nitrogen and oxygen atoms in total. The van der Waals surface area contributed by atoms with Crippen molar-refractivity contribution in [1.29, 1.82) is 0 Å². The minimum atomic E-state index is -1.06. The van der Waals surface area contributed by atoms with Gasteiger partial charge in [-0.2, -0.15) is 0 Å². The fourth-order valence-corrected chi connectivity index (χ4v) is 2.24. The van der Waals surface area contributed by atoms with E-state index in [1.165, 1.54) is 4.68 Å². The van der Waals surface area contributed by atoms with E-state index in [9.17, 15) is 9.90 Å². The maximum Gasteiger partial charge on any atom is 0.354 e. The van der Waals surface area contributed by atoms with Crippen LogP contribution in [0.2, 0.25) is 0 Å². The Kier molecular flexibility index (Phi) is 3.53. The van der Waals surface area contributed by atoms with Crippen LogP contribution in [-0.4, -0.2) is 26.1 Å². The maximum absolute atomic E-state index is 11.5. The van der Waals surface area contributed by atoms with Gasteiger partial charge in [-0.3, -0.25) is 0 Å². The van der Waals surface area contributed by atoms with Gasteiger partial charge in [0, 0.05) is 4.47 Å². The third kappa shape index (κ3) is 2.71. The molecule has 1 heterocycles. The first-order chi connectivity index (χ1) is 10.1. The molecule has 2 aromatic carbocycles. The number of carbonyl (C=O) groups is 1. The predicted molar refractivity (Wildman–Crippen MR) is 83.5 cm³/mol. The molecule has 3 aromatic rings. The van der Waals surface area contributed by atoms with Crippen molar-refractivity contribution < 1.29 is 9.90 Å². The number of benzene rings is 2. The summed E-state index contributed by atoms with van der Waals surface area (Å²) in [6.45, 7) is 0. The van der Waals surface area contributed by atoms with Gasteiger partial charge >= 0.3 is 5.97 Å². The van der Waals surface area contributed by atoms with E-state index in [4.69, 9.17) is 0 Å². The first kappa shape index (κ1) is 13.5. The van der Waals surface area contributed by atoms with Gasteiger partial charge in [-0.1, -0.05) is 45.4 Å². The van der Waals surface area contributed by atoms with Crippen molar-refractivity contribution in [1.82, 2.24) is 15.0 Å². The van der Waals surface area contributed by atoms with Gasteiger partial charge in [-0.25, -0.2) is 9.48 Å². The smallest absolute Gasteiger partial charge is 0.354 e. The van der Waals surface area contributed by atoms with Gasteiger partial charge in [0.1, 0.15) is 5.52 Å². The second-order valence-corrected chi connectivity index (χ2v) is 5.29. The van der Waals surface area contributed by atoms with E-state index in [1.807, 2.05) is 36.4 Å². The molecule has 0 saturated carbocycles. The number of hydrogen-bond acceptors (Lipinski definition) is 3. The van der Waals surface area contributed by atoms with E-state index in [2.05, 4.69) is 26.2 Å². The van der Waals surface area contributed by atoms with Gasteiger partial charge in [0.15, 0.2) is 5.70 Å². The molecule has 0 bridgehead atoms. The lowest BCUT2D eigenvalue weighted by atomic mass is 10.2. The summed E-state index contributed by atoms with van der Waals surface area (Å²) in [6.07, 6.45) is 1.57. The number of fused-ring (bicyclic) bond motifs is 1. The first-order valence-electron chi connectivity index (χ1n) is 6.16. The molecule has 3 rings (SSSR count). The summed E-state index contributed by atoms with van der Waals surface area (Å²) in [5, 5.41) is 17.4. The molecule has 0 spiro atoms. The largest absolute Gasteiger partial charge is 0.477 e. The Hall–Kier alpha value is -2.47. The van der Waals surface area contributed by atoms with Crippen LogP contribution in [0, 0.1) is 0 Å². The second-order valence-electron chi connectivity index (χ2n) is 4.38. The van der Waals surface area contributed by atoms with Crippen LogP contribution in [0.25, 0.3) is 22.8 Å². The Labute approximate surface area is 128 Å². The molecule has 0 aliphatic carbocycles. The lowest BCUT2D eigenvalue weighted by Gasteiger charge is -2.03. The number of rotatable bonds is 3. The van der Waals surface area contributed by atoms with Crippen molar-refractivity contribution in [3.8, 4) is 0 Å². The topological polar surface area (TPSA) is 68.0 Å². The molecule has 104 valence electrons. The van der Waals surface area contributed by atoms with Gasteiger partial charge in [-0.15, -0.1) is 5.10 Å². The number of aromatic nitrogens is 3. The third-order valence-electron chi connectivity index (χ3n) is 2.97. The van der Waals surface area contributed by atoms with Crippen molar-refractivity contribution in [3.05, 3.63) is 58.6 Å². The summed E-state index contributed by atoms with van der Waals surface area (Å²) in [6, 6.07) is 14.6. The SMILES string of the molecule is O=C(O)/C(=C/c1ccc(Br)cc1)n1nnc2ccccc21. The van der Waals surface area contributed by atoms with Crippen LogP contribution in [0.1, 0.15) is 5.56 Å². The quantitative estimate of drug-likeness (QED) is 0.741. The summed E-state index contributed by atoms with van der Waals surface area (Å²) in [4.78, 5) is 11.5. The van der Waals surface area contributed by atoms with Crippen LogP contribution >= 0.6 is 15.9 Å². The minimum Gasteiger partial charge on any atom is -0.477 e. The zero-order valence-electron chi connectivity index (χ0n) is 10.8. The van der Waals surface area contributed by atoms with Crippen LogP contribution in [0.5, 0.6) is 0 Å². The molecule has 6 heteroatoms. The predicted octanol–water partition coefficient (Wildman–Crippen LogP) is 3.28. The summed E-state index contributed by atoms with van der Waals surface area (Å²) in [5.41, 5.74) is 2.13. The number of carboxylic acid groups (broad SMARTS) is 1. The monoisotopic (exact) mass is 343 g/mol. The molecule has 1 N–H and O–H groups in total. The summed E-state index contributed by atoms with van der Waals surface area (Å²) in [5.74, 6) is -1.06. The van der Waals surface area contributed by atoms with Gasteiger partial charge in [-0.05, 0) is 35.9 Å². The van der Waals surface area contributed by atoms with E-state index < -0.39 is 5.97 Å². The summed E-state index contributed by atoms with van der Waals surface area (Å²) < 4.78 is 2.27. The van der Waals surface area contributed by atoms with Crippen LogP contribution in [0.4, 0.5) is 0 Å². The zero-order chi connectivity index (χ0) is 14.8.